The molecule has 0 saturated carbocycles. The van der Waals surface area contributed by atoms with E-state index in [1.54, 1.807) is 4.90 Å². The summed E-state index contributed by atoms with van der Waals surface area (Å²) in [6, 6.07) is 19.6. The second-order valence-electron chi connectivity index (χ2n) is 7.95. The molecule has 0 aliphatic heterocycles. The quantitative estimate of drug-likeness (QED) is 0.466. The maximum Gasteiger partial charge on any atom is 0.241 e. The summed E-state index contributed by atoms with van der Waals surface area (Å²) in [7, 11) is 1.93. The summed E-state index contributed by atoms with van der Waals surface area (Å²) in [6.45, 7) is 7.74. The Bertz CT molecular complexity index is 1100. The van der Waals surface area contributed by atoms with E-state index in [-0.39, 0.29) is 18.9 Å². The highest BCUT2D eigenvalue weighted by Gasteiger charge is 2.20. The summed E-state index contributed by atoms with van der Waals surface area (Å²) < 4.78 is 7.44. The van der Waals surface area contributed by atoms with E-state index in [2.05, 4.69) is 13.0 Å². The number of para-hydroxylation sites is 1. The van der Waals surface area contributed by atoms with Gasteiger partial charge in [-0.3, -0.25) is 9.69 Å². The fourth-order valence-corrected chi connectivity index (χ4v) is 3.82. The molecule has 0 aliphatic carbocycles. The van der Waals surface area contributed by atoms with Crippen molar-refractivity contribution >= 4 is 11.6 Å². The lowest BCUT2D eigenvalue weighted by molar-refractivity contribution is -0.119. The molecule has 1 aromatic heterocycles. The van der Waals surface area contributed by atoms with Crippen molar-refractivity contribution in [1.29, 1.82) is 5.26 Å². The second kappa shape index (κ2) is 11.3. The van der Waals surface area contributed by atoms with Crippen LogP contribution in [0.3, 0.4) is 0 Å². The molecule has 0 radical (unpaired) electrons. The van der Waals surface area contributed by atoms with Gasteiger partial charge in [0.1, 0.15) is 5.75 Å². The van der Waals surface area contributed by atoms with E-state index >= 15 is 0 Å². The number of hydrogen-bond acceptors (Lipinski definition) is 5. The fraction of sp³-hybridized carbons (Fsp3) is 0.346. The highest BCUT2D eigenvalue weighted by Crippen LogP contribution is 2.22. The number of anilines is 1. The van der Waals surface area contributed by atoms with Crippen LogP contribution in [0.15, 0.2) is 54.6 Å². The van der Waals surface area contributed by atoms with Crippen LogP contribution < -0.4 is 9.64 Å². The van der Waals surface area contributed by atoms with Gasteiger partial charge in [-0.05, 0) is 64.2 Å². The first-order chi connectivity index (χ1) is 15.9. The normalized spacial score (nSPS) is 10.8. The summed E-state index contributed by atoms with van der Waals surface area (Å²) >= 11 is 0. The molecule has 0 spiro atoms. The van der Waals surface area contributed by atoms with Gasteiger partial charge >= 0.3 is 0 Å². The van der Waals surface area contributed by atoms with Gasteiger partial charge in [-0.2, -0.15) is 10.4 Å². The Morgan fingerprint density at radius 3 is 2.45 bits per heavy atom. The number of ether oxygens (including phenoxy) is 1. The highest BCUT2D eigenvalue weighted by molar-refractivity contribution is 5.94. The lowest BCUT2D eigenvalue weighted by Crippen LogP contribution is -2.39. The molecule has 0 saturated heterocycles. The second-order valence-corrected chi connectivity index (χ2v) is 7.95. The van der Waals surface area contributed by atoms with E-state index in [1.807, 2.05) is 85.1 Å². The smallest absolute Gasteiger partial charge is 0.241 e. The molecule has 0 fully saturated rings. The van der Waals surface area contributed by atoms with Gasteiger partial charge in [-0.25, -0.2) is 4.68 Å². The molecule has 1 amide bonds. The first-order valence-corrected chi connectivity index (χ1v) is 11.1. The summed E-state index contributed by atoms with van der Waals surface area (Å²) in [5.74, 6) is 0.704. The Hall–Kier alpha value is -3.63. The maximum absolute atomic E-state index is 13.2. The lowest BCUT2D eigenvalue weighted by atomic mass is 10.2. The van der Waals surface area contributed by atoms with Crippen molar-refractivity contribution in [2.45, 2.75) is 33.7 Å². The average molecular weight is 446 g/mol. The molecular weight excluding hydrogens is 414 g/mol. The molecule has 7 nitrogen and oxygen atoms in total. The number of likely N-dealkylation sites (N-methyl/N-ethyl adjacent to an activating group) is 1. The standard InChI is InChI=1S/C26H31N5O2/c1-5-33-24-14-12-22(13-15-24)30(17-9-16-27)26(32)19-29(4)18-25-20(2)28-31(21(25)3)23-10-7-6-8-11-23/h6-8,10-15H,5,9,17-19H2,1-4H3. The Morgan fingerprint density at radius 1 is 1.12 bits per heavy atom. The molecule has 0 bridgehead atoms. The van der Waals surface area contributed by atoms with Crippen LogP contribution in [0.4, 0.5) is 5.69 Å². The van der Waals surface area contributed by atoms with Crippen LogP contribution in [0.2, 0.25) is 0 Å². The maximum atomic E-state index is 13.2. The molecule has 172 valence electrons. The van der Waals surface area contributed by atoms with Crippen LogP contribution in [-0.2, 0) is 11.3 Å². The number of nitriles is 1. The minimum atomic E-state index is -0.0531. The first-order valence-electron chi connectivity index (χ1n) is 11.1. The van der Waals surface area contributed by atoms with Crippen molar-refractivity contribution in [2.24, 2.45) is 0 Å². The van der Waals surface area contributed by atoms with Gasteiger partial charge in [0.25, 0.3) is 0 Å². The van der Waals surface area contributed by atoms with Crippen molar-refractivity contribution in [3.8, 4) is 17.5 Å². The van der Waals surface area contributed by atoms with E-state index in [4.69, 9.17) is 15.1 Å². The highest BCUT2D eigenvalue weighted by atomic mass is 16.5. The molecule has 0 atom stereocenters. The number of carbonyl (C=O) groups excluding carboxylic acids is 1. The molecule has 0 unspecified atom stereocenters. The minimum absolute atomic E-state index is 0.0531. The van der Waals surface area contributed by atoms with E-state index in [0.717, 1.165) is 34.1 Å². The third kappa shape index (κ3) is 5.99. The van der Waals surface area contributed by atoms with Crippen LogP contribution >= 0.6 is 0 Å². The Morgan fingerprint density at radius 2 is 1.82 bits per heavy atom. The number of hydrogen-bond donors (Lipinski definition) is 0. The molecule has 3 rings (SSSR count). The van der Waals surface area contributed by atoms with Gasteiger partial charge in [0.05, 0.1) is 37.0 Å². The third-order valence-corrected chi connectivity index (χ3v) is 5.48. The zero-order valence-electron chi connectivity index (χ0n) is 19.8. The van der Waals surface area contributed by atoms with Gasteiger partial charge in [0.2, 0.25) is 5.91 Å². The molecule has 33 heavy (non-hydrogen) atoms. The number of carbonyl (C=O) groups is 1. The number of aryl methyl sites for hydroxylation is 1. The van der Waals surface area contributed by atoms with Gasteiger partial charge < -0.3 is 9.64 Å². The van der Waals surface area contributed by atoms with Crippen molar-refractivity contribution in [3.63, 3.8) is 0 Å². The van der Waals surface area contributed by atoms with Crippen LogP contribution in [0.5, 0.6) is 5.75 Å². The average Bonchev–Trinajstić information content (AvgIpc) is 3.09. The topological polar surface area (TPSA) is 74.4 Å². The zero-order chi connectivity index (χ0) is 23.8. The predicted octanol–water partition coefficient (Wildman–Crippen LogP) is 4.27. The van der Waals surface area contributed by atoms with Crippen molar-refractivity contribution in [3.05, 3.63) is 71.5 Å². The number of aromatic nitrogens is 2. The monoisotopic (exact) mass is 445 g/mol. The summed E-state index contributed by atoms with van der Waals surface area (Å²) in [5, 5.41) is 13.8. The number of amides is 1. The Kier molecular flexibility index (Phi) is 8.22. The van der Waals surface area contributed by atoms with E-state index in [1.165, 1.54) is 0 Å². The first kappa shape index (κ1) is 24.0. The number of rotatable bonds is 10. The molecule has 0 N–H and O–H groups in total. The number of nitrogens with zero attached hydrogens (tertiary/aromatic N) is 5. The summed E-state index contributed by atoms with van der Waals surface area (Å²) in [6.07, 6.45) is 0.269. The molecule has 7 heteroatoms. The molecule has 0 aliphatic rings. The third-order valence-electron chi connectivity index (χ3n) is 5.48. The minimum Gasteiger partial charge on any atom is -0.494 e. The van der Waals surface area contributed by atoms with Gasteiger partial charge in [0, 0.05) is 30.0 Å². The molecular formula is C26H31N5O2. The van der Waals surface area contributed by atoms with Crippen LogP contribution in [0.1, 0.15) is 30.3 Å². The predicted molar refractivity (Wildman–Crippen MR) is 130 cm³/mol. The fourth-order valence-electron chi connectivity index (χ4n) is 3.82. The van der Waals surface area contributed by atoms with Gasteiger partial charge in [-0.1, -0.05) is 18.2 Å². The number of benzene rings is 2. The van der Waals surface area contributed by atoms with E-state index in [0.29, 0.717) is 19.7 Å². The largest absolute Gasteiger partial charge is 0.494 e. The SMILES string of the molecule is CCOc1ccc(N(CCC#N)C(=O)CN(C)Cc2c(C)nn(-c3ccccc3)c2C)cc1. The Labute approximate surface area is 195 Å². The lowest BCUT2D eigenvalue weighted by Gasteiger charge is -2.25. The zero-order valence-corrected chi connectivity index (χ0v) is 19.8. The molecule has 3 aromatic rings. The molecule has 2 aromatic carbocycles. The van der Waals surface area contributed by atoms with E-state index < -0.39 is 0 Å². The van der Waals surface area contributed by atoms with E-state index in [9.17, 15) is 4.79 Å². The van der Waals surface area contributed by atoms with Crippen molar-refractivity contribution < 1.29 is 9.53 Å². The van der Waals surface area contributed by atoms with Crippen molar-refractivity contribution in [1.82, 2.24) is 14.7 Å². The van der Waals surface area contributed by atoms with Crippen LogP contribution in [0, 0.1) is 25.2 Å². The summed E-state index contributed by atoms with van der Waals surface area (Å²) in [4.78, 5) is 16.8. The molecule has 1 heterocycles. The van der Waals surface area contributed by atoms with Crippen molar-refractivity contribution in [2.75, 3.05) is 31.6 Å². The van der Waals surface area contributed by atoms with Crippen LogP contribution in [0.25, 0.3) is 5.69 Å². The van der Waals surface area contributed by atoms with Gasteiger partial charge in [0.15, 0.2) is 0 Å². The van der Waals surface area contributed by atoms with Crippen LogP contribution in [-0.4, -0.2) is 47.3 Å². The van der Waals surface area contributed by atoms with Gasteiger partial charge in [-0.15, -0.1) is 0 Å². The Balaban J connectivity index is 1.72. The summed E-state index contributed by atoms with van der Waals surface area (Å²) in [5.41, 5.74) is 4.89.